The quantitative estimate of drug-likeness (QED) is 0.348. The minimum absolute atomic E-state index is 0.000836. The third kappa shape index (κ3) is 4.40. The van der Waals surface area contributed by atoms with Gasteiger partial charge in [0, 0.05) is 11.6 Å². The lowest BCUT2D eigenvalue weighted by Gasteiger charge is -2.12. The summed E-state index contributed by atoms with van der Waals surface area (Å²) in [6, 6.07) is 8.01. The van der Waals surface area contributed by atoms with Crippen molar-refractivity contribution in [2.45, 2.75) is 0 Å². The van der Waals surface area contributed by atoms with Crippen LogP contribution in [0.2, 0.25) is 5.15 Å². The smallest absolute Gasteiger partial charge is 0.341 e. The highest BCUT2D eigenvalue weighted by atomic mass is 35.5. The molecule has 0 N–H and O–H groups in total. The summed E-state index contributed by atoms with van der Waals surface area (Å²) >= 11 is 5.78. The fourth-order valence-corrected chi connectivity index (χ4v) is 1.85. The van der Waals surface area contributed by atoms with Gasteiger partial charge in [-0.2, -0.15) is 0 Å². The van der Waals surface area contributed by atoms with Gasteiger partial charge in [-0.05, 0) is 6.07 Å². The monoisotopic (exact) mass is 338 g/mol. The number of aromatic nitrogens is 2. The number of hydrogen-bond acceptors (Lipinski definition) is 6. The van der Waals surface area contributed by atoms with Crippen molar-refractivity contribution in [3.05, 3.63) is 53.6 Å². The van der Waals surface area contributed by atoms with E-state index in [1.807, 2.05) is 0 Å². The maximum Gasteiger partial charge on any atom is 0.341 e. The lowest BCUT2D eigenvalue weighted by Crippen LogP contribution is -2.06. The number of alkyl halides is 1. The van der Waals surface area contributed by atoms with Crippen LogP contribution < -0.4 is 4.74 Å². The molecule has 0 bridgehead atoms. The van der Waals surface area contributed by atoms with E-state index in [4.69, 9.17) is 16.3 Å². The van der Waals surface area contributed by atoms with Crippen molar-refractivity contribution in [3.63, 3.8) is 0 Å². The Kier molecular flexibility index (Phi) is 5.87. The molecule has 0 amide bonds. The minimum atomic E-state index is -1.08. The number of halogens is 2. The molecular formula is C15H12ClFN2O4. The lowest BCUT2D eigenvalue weighted by atomic mass is 10.1. The summed E-state index contributed by atoms with van der Waals surface area (Å²) in [4.78, 5) is 19.5. The molecular weight excluding hydrogens is 327 g/mol. The summed E-state index contributed by atoms with van der Waals surface area (Å²) in [7, 11) is 1.21. The van der Waals surface area contributed by atoms with Gasteiger partial charge in [0.05, 0.1) is 7.11 Å². The molecule has 0 fully saturated rings. The molecule has 0 spiro atoms. The largest absolute Gasteiger partial charge is 0.470 e. The van der Waals surface area contributed by atoms with E-state index in [0.717, 1.165) is 6.26 Å². The molecule has 0 aliphatic heterocycles. The average molecular weight is 339 g/mol. The molecule has 120 valence electrons. The van der Waals surface area contributed by atoms with Crippen molar-refractivity contribution in [2.75, 3.05) is 14.0 Å². The fraction of sp³-hybridized carbons (Fsp3) is 0.133. The van der Waals surface area contributed by atoms with E-state index < -0.39 is 12.8 Å². The Labute approximate surface area is 136 Å². The highest BCUT2D eigenvalue weighted by Crippen LogP contribution is 2.30. The second kappa shape index (κ2) is 8.09. The van der Waals surface area contributed by atoms with Crippen LogP contribution in [0, 0.1) is 0 Å². The molecule has 2 rings (SSSR count). The Bertz CT molecular complexity index is 724. The molecule has 0 radical (unpaired) electrons. The number of methoxy groups -OCH3 is 1. The number of esters is 1. The predicted octanol–water partition coefficient (Wildman–Crippen LogP) is 3.38. The number of rotatable bonds is 6. The maximum absolute atomic E-state index is 12.2. The van der Waals surface area contributed by atoms with Crippen molar-refractivity contribution in [1.29, 1.82) is 0 Å². The second-order valence-corrected chi connectivity index (χ2v) is 4.46. The van der Waals surface area contributed by atoms with E-state index >= 15 is 0 Å². The van der Waals surface area contributed by atoms with Crippen LogP contribution in [0.1, 0.15) is 5.56 Å². The van der Waals surface area contributed by atoms with Crippen molar-refractivity contribution in [3.8, 4) is 11.6 Å². The van der Waals surface area contributed by atoms with Crippen molar-refractivity contribution < 1.29 is 23.4 Å². The number of ether oxygens (including phenoxy) is 3. The van der Waals surface area contributed by atoms with Gasteiger partial charge in [0.2, 0.25) is 12.7 Å². The number of nitrogens with zero attached hydrogens (tertiary/aromatic N) is 2. The van der Waals surface area contributed by atoms with Crippen LogP contribution in [0.15, 0.2) is 42.9 Å². The topological polar surface area (TPSA) is 70.5 Å². The van der Waals surface area contributed by atoms with Crippen LogP contribution in [-0.4, -0.2) is 29.9 Å². The molecule has 1 heterocycles. The summed E-state index contributed by atoms with van der Waals surface area (Å²) in [5.41, 5.74) is 0.350. The number of benzene rings is 1. The van der Waals surface area contributed by atoms with Crippen LogP contribution >= 0.6 is 11.6 Å². The van der Waals surface area contributed by atoms with Crippen LogP contribution in [0.25, 0.3) is 5.57 Å². The van der Waals surface area contributed by atoms with Gasteiger partial charge in [-0.3, -0.25) is 0 Å². The Balaban J connectivity index is 2.40. The first-order valence-corrected chi connectivity index (χ1v) is 6.74. The van der Waals surface area contributed by atoms with Gasteiger partial charge in [0.15, 0.2) is 0 Å². The summed E-state index contributed by atoms with van der Waals surface area (Å²) in [5.74, 6) is -0.218. The standard InChI is InChI=1S/C15H12ClFN2O4/c1-21-15(20)11(7-22-8-17)10-4-2-3-5-12(10)23-14-6-13(16)18-9-19-14/h2-7,9H,8H2,1H3. The third-order valence-electron chi connectivity index (χ3n) is 2.67. The van der Waals surface area contributed by atoms with Gasteiger partial charge >= 0.3 is 5.97 Å². The first-order valence-electron chi connectivity index (χ1n) is 6.36. The van der Waals surface area contributed by atoms with E-state index in [0.29, 0.717) is 11.3 Å². The SMILES string of the molecule is COC(=O)C(=COCF)c1ccccc1Oc1cc(Cl)ncn1. The van der Waals surface area contributed by atoms with Crippen LogP contribution in [0.5, 0.6) is 11.6 Å². The zero-order valence-electron chi connectivity index (χ0n) is 12.0. The number of carbonyl (C=O) groups is 1. The van der Waals surface area contributed by atoms with E-state index in [1.54, 1.807) is 24.3 Å². The van der Waals surface area contributed by atoms with Gasteiger partial charge < -0.3 is 14.2 Å². The normalized spacial score (nSPS) is 11.0. The van der Waals surface area contributed by atoms with Crippen molar-refractivity contribution in [1.82, 2.24) is 9.97 Å². The number of para-hydroxylation sites is 1. The first kappa shape index (κ1) is 16.7. The summed E-state index contributed by atoms with van der Waals surface area (Å²) in [5, 5.41) is 0.206. The highest BCUT2D eigenvalue weighted by Gasteiger charge is 2.18. The molecule has 23 heavy (non-hydrogen) atoms. The summed E-state index contributed by atoms with van der Waals surface area (Å²) < 4.78 is 27.1. The van der Waals surface area contributed by atoms with Gasteiger partial charge in [-0.15, -0.1) is 0 Å². The van der Waals surface area contributed by atoms with Gasteiger partial charge in [-0.25, -0.2) is 19.2 Å². The van der Waals surface area contributed by atoms with Gasteiger partial charge in [-0.1, -0.05) is 29.8 Å². The zero-order chi connectivity index (χ0) is 16.7. The van der Waals surface area contributed by atoms with Crippen LogP contribution in [0.4, 0.5) is 4.39 Å². The predicted molar refractivity (Wildman–Crippen MR) is 80.6 cm³/mol. The van der Waals surface area contributed by atoms with Gasteiger partial charge in [0.25, 0.3) is 0 Å². The zero-order valence-corrected chi connectivity index (χ0v) is 12.8. The van der Waals surface area contributed by atoms with E-state index in [1.165, 1.54) is 19.5 Å². The molecule has 0 saturated heterocycles. The average Bonchev–Trinajstić information content (AvgIpc) is 2.56. The van der Waals surface area contributed by atoms with E-state index in [-0.39, 0.29) is 16.6 Å². The third-order valence-corrected chi connectivity index (χ3v) is 2.88. The lowest BCUT2D eigenvalue weighted by molar-refractivity contribution is -0.133. The second-order valence-electron chi connectivity index (χ2n) is 4.08. The van der Waals surface area contributed by atoms with Crippen LogP contribution in [-0.2, 0) is 14.3 Å². The molecule has 0 aliphatic carbocycles. The molecule has 2 aromatic rings. The highest BCUT2D eigenvalue weighted by molar-refractivity contribution is 6.29. The number of hydrogen-bond donors (Lipinski definition) is 0. The van der Waals surface area contributed by atoms with Crippen LogP contribution in [0.3, 0.4) is 0 Å². The Morgan fingerprint density at radius 2 is 2.13 bits per heavy atom. The molecule has 6 nitrogen and oxygen atoms in total. The van der Waals surface area contributed by atoms with E-state index in [9.17, 15) is 9.18 Å². The molecule has 1 aromatic heterocycles. The molecule has 0 saturated carbocycles. The van der Waals surface area contributed by atoms with Crippen molar-refractivity contribution >= 4 is 23.1 Å². The Morgan fingerprint density at radius 3 is 2.83 bits per heavy atom. The Hall–Kier alpha value is -2.67. The van der Waals surface area contributed by atoms with E-state index in [2.05, 4.69) is 19.4 Å². The Morgan fingerprint density at radius 1 is 1.35 bits per heavy atom. The first-order chi connectivity index (χ1) is 11.2. The molecule has 0 aliphatic rings. The maximum atomic E-state index is 12.2. The fourth-order valence-electron chi connectivity index (χ4n) is 1.71. The van der Waals surface area contributed by atoms with Gasteiger partial charge in [0.1, 0.15) is 29.1 Å². The summed E-state index contributed by atoms with van der Waals surface area (Å²) in [6.45, 7) is -1.08. The minimum Gasteiger partial charge on any atom is -0.470 e. The molecule has 0 unspecified atom stereocenters. The molecule has 8 heteroatoms. The molecule has 1 aromatic carbocycles. The van der Waals surface area contributed by atoms with Crippen molar-refractivity contribution in [2.24, 2.45) is 0 Å². The summed E-state index contributed by atoms with van der Waals surface area (Å²) in [6.07, 6.45) is 2.21. The number of carbonyl (C=O) groups excluding carboxylic acids is 1. The molecule has 0 atom stereocenters.